The van der Waals surface area contributed by atoms with Crippen molar-refractivity contribution < 1.29 is 19.4 Å². The highest BCUT2D eigenvalue weighted by Crippen LogP contribution is 2.45. The van der Waals surface area contributed by atoms with Crippen LogP contribution >= 0.6 is 22.9 Å². The topological polar surface area (TPSA) is 79.7 Å². The number of aromatic nitrogens is 1. The van der Waals surface area contributed by atoms with Gasteiger partial charge in [-0.3, -0.25) is 14.5 Å². The van der Waals surface area contributed by atoms with Gasteiger partial charge in [0.2, 0.25) is 0 Å². The second-order valence-electron chi connectivity index (χ2n) is 10.1. The highest BCUT2D eigenvalue weighted by atomic mass is 35.5. The molecule has 0 spiro atoms. The minimum absolute atomic E-state index is 0.0115. The summed E-state index contributed by atoms with van der Waals surface area (Å²) in [5.74, 6) is -1.44. The number of anilines is 1. The Kier molecular flexibility index (Phi) is 6.75. The smallest absolute Gasteiger partial charge is 0.301 e. The normalized spacial score (nSPS) is 17.4. The summed E-state index contributed by atoms with van der Waals surface area (Å²) in [6, 6.07) is 19.2. The van der Waals surface area contributed by atoms with Gasteiger partial charge in [0.05, 0.1) is 33.5 Å². The predicted octanol–water partition coefficient (Wildman–Crippen LogP) is 7.27. The molecule has 0 saturated carbocycles. The average Bonchev–Trinajstić information content (AvgIpc) is 3.43. The molecule has 2 heterocycles. The largest absolute Gasteiger partial charge is 0.507 e. The Morgan fingerprint density at radius 3 is 2.45 bits per heavy atom. The van der Waals surface area contributed by atoms with Gasteiger partial charge in [0.15, 0.2) is 5.13 Å². The highest BCUT2D eigenvalue weighted by Gasteiger charge is 2.48. The molecule has 4 aromatic rings. The molecule has 38 heavy (non-hydrogen) atoms. The fraction of sp³-hybridized carbons (Fsp3) is 0.233. The number of aliphatic hydroxyl groups is 1. The van der Waals surface area contributed by atoms with E-state index in [1.165, 1.54) is 16.2 Å². The van der Waals surface area contributed by atoms with Crippen molar-refractivity contribution in [2.45, 2.75) is 39.2 Å². The van der Waals surface area contributed by atoms with Gasteiger partial charge in [-0.1, -0.05) is 80.1 Å². The van der Waals surface area contributed by atoms with Crippen LogP contribution < -0.4 is 9.64 Å². The maximum atomic E-state index is 13.5. The zero-order valence-corrected chi connectivity index (χ0v) is 23.1. The van der Waals surface area contributed by atoms with E-state index in [0.29, 0.717) is 33.6 Å². The summed E-state index contributed by atoms with van der Waals surface area (Å²) in [6.07, 6.45) is 0. The third kappa shape index (κ3) is 4.57. The van der Waals surface area contributed by atoms with Crippen molar-refractivity contribution in [3.05, 3.63) is 94.0 Å². The van der Waals surface area contributed by atoms with Crippen LogP contribution in [0.2, 0.25) is 5.02 Å². The maximum Gasteiger partial charge on any atom is 0.301 e. The Morgan fingerprint density at radius 2 is 1.79 bits per heavy atom. The van der Waals surface area contributed by atoms with Crippen LogP contribution in [0.25, 0.3) is 16.0 Å². The molecular weight excluding hydrogens is 520 g/mol. The third-order valence-electron chi connectivity index (χ3n) is 6.53. The SMILES string of the molecule is CCOc1cc(/C(O)=C2\C(=O)C(=O)N(c3nc4ccccc4s3)C2c2ccc(C(C)(C)C)cc2)ccc1Cl. The molecule has 1 aliphatic rings. The zero-order valence-electron chi connectivity index (χ0n) is 21.5. The number of aliphatic hydroxyl groups excluding tert-OH is 1. The van der Waals surface area contributed by atoms with Crippen molar-refractivity contribution in [3.63, 3.8) is 0 Å². The molecule has 1 N–H and O–H groups in total. The molecule has 194 valence electrons. The number of hydrogen-bond donors (Lipinski definition) is 1. The van der Waals surface area contributed by atoms with Crippen molar-refractivity contribution in [1.29, 1.82) is 0 Å². The van der Waals surface area contributed by atoms with Crippen LogP contribution in [0.1, 0.15) is 50.4 Å². The summed E-state index contributed by atoms with van der Waals surface area (Å²) in [5.41, 5.74) is 2.77. The molecule has 1 aliphatic heterocycles. The van der Waals surface area contributed by atoms with E-state index in [1.54, 1.807) is 18.2 Å². The summed E-state index contributed by atoms with van der Waals surface area (Å²) in [4.78, 5) is 33.1. The number of rotatable bonds is 5. The Balaban J connectivity index is 1.71. The van der Waals surface area contributed by atoms with Gasteiger partial charge < -0.3 is 9.84 Å². The number of halogens is 1. The fourth-order valence-corrected chi connectivity index (χ4v) is 5.71. The number of Topliss-reactive ketones (excluding diaryl/α,β-unsaturated/α-hetero) is 1. The van der Waals surface area contributed by atoms with Crippen LogP contribution in [0.5, 0.6) is 5.75 Å². The number of fused-ring (bicyclic) bond motifs is 1. The first-order chi connectivity index (χ1) is 18.1. The summed E-state index contributed by atoms with van der Waals surface area (Å²) in [5, 5.41) is 12.3. The number of carbonyl (C=O) groups is 2. The molecule has 1 aromatic heterocycles. The molecule has 1 unspecified atom stereocenters. The van der Waals surface area contributed by atoms with Crippen molar-refractivity contribution in [1.82, 2.24) is 4.98 Å². The average molecular weight is 547 g/mol. The fourth-order valence-electron chi connectivity index (χ4n) is 4.55. The monoisotopic (exact) mass is 546 g/mol. The van der Waals surface area contributed by atoms with Gasteiger partial charge in [-0.15, -0.1) is 0 Å². The van der Waals surface area contributed by atoms with E-state index < -0.39 is 17.7 Å². The summed E-state index contributed by atoms with van der Waals surface area (Å²) < 4.78 is 6.48. The maximum absolute atomic E-state index is 13.5. The first-order valence-electron chi connectivity index (χ1n) is 12.3. The summed E-state index contributed by atoms with van der Waals surface area (Å²) >= 11 is 7.58. The van der Waals surface area contributed by atoms with Gasteiger partial charge in [-0.25, -0.2) is 4.98 Å². The zero-order chi connectivity index (χ0) is 27.2. The minimum atomic E-state index is -0.865. The Hall–Kier alpha value is -3.68. The van der Waals surface area contributed by atoms with Gasteiger partial charge in [0.25, 0.3) is 5.78 Å². The first kappa shape index (κ1) is 25.9. The molecule has 5 rings (SSSR count). The Labute approximate surface area is 230 Å². The molecule has 1 atom stereocenters. The van der Waals surface area contributed by atoms with Gasteiger partial charge in [0.1, 0.15) is 11.5 Å². The van der Waals surface area contributed by atoms with E-state index in [0.717, 1.165) is 15.8 Å². The lowest BCUT2D eigenvalue weighted by Crippen LogP contribution is -2.29. The minimum Gasteiger partial charge on any atom is -0.507 e. The van der Waals surface area contributed by atoms with Gasteiger partial charge in [-0.05, 0) is 53.8 Å². The molecule has 6 nitrogen and oxygen atoms in total. The molecule has 0 radical (unpaired) electrons. The molecule has 0 aliphatic carbocycles. The number of thiazole rings is 1. The number of nitrogens with zero attached hydrogens (tertiary/aromatic N) is 2. The number of ketones is 1. The second-order valence-corrected chi connectivity index (χ2v) is 11.5. The Morgan fingerprint density at radius 1 is 1.08 bits per heavy atom. The molecule has 8 heteroatoms. The number of ether oxygens (including phenoxy) is 1. The van der Waals surface area contributed by atoms with Crippen LogP contribution in [-0.4, -0.2) is 28.4 Å². The second kappa shape index (κ2) is 9.89. The van der Waals surface area contributed by atoms with E-state index in [1.807, 2.05) is 55.5 Å². The van der Waals surface area contributed by atoms with Crippen LogP contribution in [0, 0.1) is 0 Å². The predicted molar refractivity (Wildman–Crippen MR) is 152 cm³/mol. The number of amides is 1. The molecular formula is C30H27ClN2O4S. The number of benzene rings is 3. The van der Waals surface area contributed by atoms with Crippen molar-refractivity contribution in [2.24, 2.45) is 0 Å². The van der Waals surface area contributed by atoms with Gasteiger partial charge in [-0.2, -0.15) is 0 Å². The molecule has 3 aromatic carbocycles. The molecule has 1 saturated heterocycles. The van der Waals surface area contributed by atoms with Gasteiger partial charge >= 0.3 is 5.91 Å². The third-order valence-corrected chi connectivity index (χ3v) is 7.88. The van der Waals surface area contributed by atoms with E-state index in [4.69, 9.17) is 16.3 Å². The van der Waals surface area contributed by atoms with E-state index in [9.17, 15) is 14.7 Å². The van der Waals surface area contributed by atoms with Crippen molar-refractivity contribution >= 4 is 55.7 Å². The number of carbonyl (C=O) groups excluding carboxylic acids is 2. The number of hydrogen-bond acceptors (Lipinski definition) is 6. The molecule has 0 bridgehead atoms. The van der Waals surface area contributed by atoms with Crippen molar-refractivity contribution in [3.8, 4) is 5.75 Å². The van der Waals surface area contributed by atoms with E-state index >= 15 is 0 Å². The Bertz CT molecular complexity index is 1550. The molecule has 1 fully saturated rings. The first-order valence-corrected chi connectivity index (χ1v) is 13.5. The van der Waals surface area contributed by atoms with Crippen LogP contribution in [0.4, 0.5) is 5.13 Å². The summed E-state index contributed by atoms with van der Waals surface area (Å²) in [6.45, 7) is 8.56. The lowest BCUT2D eigenvalue weighted by atomic mass is 9.85. The van der Waals surface area contributed by atoms with E-state index in [-0.39, 0.29) is 16.7 Å². The summed E-state index contributed by atoms with van der Waals surface area (Å²) in [7, 11) is 0. The lowest BCUT2D eigenvalue weighted by molar-refractivity contribution is -0.132. The van der Waals surface area contributed by atoms with Crippen LogP contribution in [0.15, 0.2) is 72.3 Å². The highest BCUT2D eigenvalue weighted by molar-refractivity contribution is 7.22. The van der Waals surface area contributed by atoms with Gasteiger partial charge in [0, 0.05) is 5.56 Å². The van der Waals surface area contributed by atoms with E-state index in [2.05, 4.69) is 25.8 Å². The molecule has 1 amide bonds. The van der Waals surface area contributed by atoms with Crippen LogP contribution in [0.3, 0.4) is 0 Å². The standard InChI is InChI=1S/C30H27ClN2O4S/c1-5-37-22-16-18(12-15-20(22)31)26(34)24-25(17-10-13-19(14-11-17)30(2,3)4)33(28(36)27(24)35)29-32-21-8-6-7-9-23(21)38-29/h6-16,25,34H,5H2,1-4H3/b26-24+. The quantitative estimate of drug-likeness (QED) is 0.162. The number of para-hydroxylation sites is 1. The van der Waals surface area contributed by atoms with Crippen molar-refractivity contribution in [2.75, 3.05) is 11.5 Å². The van der Waals surface area contributed by atoms with Crippen LogP contribution in [-0.2, 0) is 15.0 Å². The lowest BCUT2D eigenvalue weighted by Gasteiger charge is -2.24.